The number of guanidine groups is 1. The van der Waals surface area contributed by atoms with Gasteiger partial charge in [0.05, 0.1) is 0 Å². The molecule has 2 aliphatic rings. The van der Waals surface area contributed by atoms with Crippen LogP contribution in [0, 0.1) is 0 Å². The number of rotatable bonds is 7. The highest BCUT2D eigenvalue weighted by Crippen LogP contribution is 2.18. The number of carbonyl (C=O) groups excluding carboxylic acids is 1. The first kappa shape index (κ1) is 21.8. The maximum Gasteiger partial charge on any atom is 0.258 e. The SMILES string of the molecule is I.NC(=NCCc1ccc(OCC(=O)NC2CC2)cc1)N1CCCCCC1. The molecule has 0 atom stereocenters. The zero-order chi connectivity index (χ0) is 18.2. The molecule has 6 nitrogen and oxygen atoms in total. The molecular formula is C20H31IN4O2. The summed E-state index contributed by atoms with van der Waals surface area (Å²) in [5.41, 5.74) is 7.32. The Bertz CT molecular complexity index is 609. The Balaban J connectivity index is 0.00000261. The van der Waals surface area contributed by atoms with E-state index in [2.05, 4.69) is 15.2 Å². The quantitative estimate of drug-likeness (QED) is 0.353. The maximum absolute atomic E-state index is 11.6. The zero-order valence-electron chi connectivity index (χ0n) is 15.9. The molecule has 3 rings (SSSR count). The summed E-state index contributed by atoms with van der Waals surface area (Å²) in [7, 11) is 0. The first-order chi connectivity index (χ1) is 12.7. The van der Waals surface area contributed by atoms with Crippen molar-refractivity contribution in [1.29, 1.82) is 0 Å². The van der Waals surface area contributed by atoms with E-state index in [1.54, 1.807) is 0 Å². The second kappa shape index (κ2) is 11.4. The van der Waals surface area contributed by atoms with E-state index in [4.69, 9.17) is 10.5 Å². The number of nitrogens with one attached hydrogen (secondary N) is 1. The molecule has 1 saturated carbocycles. The number of likely N-dealkylation sites (tertiary alicyclic amines) is 1. The zero-order valence-corrected chi connectivity index (χ0v) is 18.2. The van der Waals surface area contributed by atoms with Crippen molar-refractivity contribution in [2.75, 3.05) is 26.2 Å². The van der Waals surface area contributed by atoms with Crippen LogP contribution in [0.2, 0.25) is 0 Å². The molecule has 0 aromatic heterocycles. The maximum atomic E-state index is 11.6. The molecule has 7 heteroatoms. The van der Waals surface area contributed by atoms with Gasteiger partial charge < -0.3 is 20.7 Å². The lowest BCUT2D eigenvalue weighted by molar-refractivity contribution is -0.123. The number of carbonyl (C=O) groups is 1. The first-order valence-corrected chi connectivity index (χ1v) is 9.77. The molecule has 1 aromatic rings. The van der Waals surface area contributed by atoms with Crippen LogP contribution in [0.4, 0.5) is 0 Å². The van der Waals surface area contributed by atoms with Crippen molar-refractivity contribution in [2.45, 2.75) is 51.0 Å². The van der Waals surface area contributed by atoms with Crippen LogP contribution < -0.4 is 15.8 Å². The van der Waals surface area contributed by atoms with Crippen LogP contribution >= 0.6 is 24.0 Å². The molecule has 1 heterocycles. The van der Waals surface area contributed by atoms with Gasteiger partial charge in [-0.05, 0) is 49.8 Å². The third kappa shape index (κ3) is 7.94. The summed E-state index contributed by atoms with van der Waals surface area (Å²) in [6.45, 7) is 2.81. The van der Waals surface area contributed by atoms with Gasteiger partial charge in [0.15, 0.2) is 12.6 Å². The Morgan fingerprint density at radius 2 is 1.81 bits per heavy atom. The van der Waals surface area contributed by atoms with Crippen LogP contribution in [0.15, 0.2) is 29.3 Å². The first-order valence-electron chi connectivity index (χ1n) is 9.77. The summed E-state index contributed by atoms with van der Waals surface area (Å²) in [5.74, 6) is 1.34. The van der Waals surface area contributed by atoms with Crippen molar-refractivity contribution >= 4 is 35.8 Å². The van der Waals surface area contributed by atoms with E-state index in [0.717, 1.165) is 32.4 Å². The minimum absolute atomic E-state index is 0. The largest absolute Gasteiger partial charge is 0.484 e. The minimum Gasteiger partial charge on any atom is -0.484 e. The van der Waals surface area contributed by atoms with Crippen molar-refractivity contribution in [2.24, 2.45) is 10.7 Å². The number of aliphatic imine (C=N–C) groups is 1. The van der Waals surface area contributed by atoms with Crippen LogP contribution in [0.1, 0.15) is 44.1 Å². The Kier molecular flexibility index (Phi) is 9.17. The van der Waals surface area contributed by atoms with Crippen LogP contribution in [-0.4, -0.2) is 49.0 Å². The fourth-order valence-electron chi connectivity index (χ4n) is 3.10. The van der Waals surface area contributed by atoms with Gasteiger partial charge >= 0.3 is 0 Å². The molecule has 27 heavy (non-hydrogen) atoms. The lowest BCUT2D eigenvalue weighted by atomic mass is 10.1. The second-order valence-electron chi connectivity index (χ2n) is 7.17. The van der Waals surface area contributed by atoms with Gasteiger partial charge in [0, 0.05) is 25.7 Å². The van der Waals surface area contributed by atoms with Gasteiger partial charge in [-0.25, -0.2) is 0 Å². The summed E-state index contributed by atoms with van der Waals surface area (Å²) >= 11 is 0. The summed E-state index contributed by atoms with van der Waals surface area (Å²) in [5, 5.41) is 2.91. The van der Waals surface area contributed by atoms with Crippen molar-refractivity contribution < 1.29 is 9.53 Å². The number of hydrogen-bond acceptors (Lipinski definition) is 3. The lowest BCUT2D eigenvalue weighted by Gasteiger charge is -2.21. The summed E-state index contributed by atoms with van der Waals surface area (Å²) in [4.78, 5) is 18.4. The molecule has 1 aliphatic heterocycles. The predicted molar refractivity (Wildman–Crippen MR) is 119 cm³/mol. The third-order valence-electron chi connectivity index (χ3n) is 4.84. The second-order valence-corrected chi connectivity index (χ2v) is 7.17. The lowest BCUT2D eigenvalue weighted by Crippen LogP contribution is -2.38. The van der Waals surface area contributed by atoms with Gasteiger partial charge in [-0.2, -0.15) is 0 Å². The Morgan fingerprint density at radius 3 is 2.44 bits per heavy atom. The van der Waals surface area contributed by atoms with E-state index in [9.17, 15) is 4.79 Å². The Hall–Kier alpha value is -1.51. The highest BCUT2D eigenvalue weighted by Gasteiger charge is 2.23. The molecule has 2 fully saturated rings. The van der Waals surface area contributed by atoms with E-state index >= 15 is 0 Å². The molecule has 3 N–H and O–H groups in total. The molecule has 0 unspecified atom stereocenters. The number of benzene rings is 1. The molecule has 0 bridgehead atoms. The highest BCUT2D eigenvalue weighted by molar-refractivity contribution is 14.0. The van der Waals surface area contributed by atoms with E-state index in [1.807, 2.05) is 24.3 Å². The van der Waals surface area contributed by atoms with Gasteiger partial charge in [-0.3, -0.25) is 9.79 Å². The van der Waals surface area contributed by atoms with Gasteiger partial charge in [0.25, 0.3) is 5.91 Å². The molecule has 0 spiro atoms. The highest BCUT2D eigenvalue weighted by atomic mass is 127. The summed E-state index contributed by atoms with van der Waals surface area (Å²) < 4.78 is 5.52. The molecule has 1 amide bonds. The Morgan fingerprint density at radius 1 is 1.15 bits per heavy atom. The monoisotopic (exact) mass is 486 g/mol. The number of ether oxygens (including phenoxy) is 1. The number of nitrogens with two attached hydrogens (primary N) is 1. The van der Waals surface area contributed by atoms with E-state index < -0.39 is 0 Å². The molecular weight excluding hydrogens is 455 g/mol. The number of nitrogens with zero attached hydrogens (tertiary/aromatic N) is 2. The predicted octanol–water partition coefficient (Wildman–Crippen LogP) is 2.70. The van der Waals surface area contributed by atoms with Gasteiger partial charge in [-0.15, -0.1) is 24.0 Å². The van der Waals surface area contributed by atoms with Gasteiger partial charge in [0.1, 0.15) is 5.75 Å². The smallest absolute Gasteiger partial charge is 0.258 e. The van der Waals surface area contributed by atoms with Crippen molar-refractivity contribution in [1.82, 2.24) is 10.2 Å². The van der Waals surface area contributed by atoms with Crippen LogP contribution in [-0.2, 0) is 11.2 Å². The number of amides is 1. The molecule has 1 aliphatic carbocycles. The standard InChI is InChI=1S/C20H30N4O2.HI/c21-20(24-13-3-1-2-4-14-24)22-12-11-16-5-9-18(10-6-16)26-15-19(25)23-17-7-8-17;/h5-6,9-10,17H,1-4,7-8,11-15H2,(H2,21,22)(H,23,25);1H. The van der Waals surface area contributed by atoms with Crippen LogP contribution in [0.3, 0.4) is 0 Å². The van der Waals surface area contributed by atoms with E-state index in [-0.39, 0.29) is 36.5 Å². The molecule has 150 valence electrons. The van der Waals surface area contributed by atoms with Crippen LogP contribution in [0.5, 0.6) is 5.75 Å². The third-order valence-corrected chi connectivity index (χ3v) is 4.84. The van der Waals surface area contributed by atoms with E-state index in [0.29, 0.717) is 24.3 Å². The molecule has 0 radical (unpaired) electrons. The topological polar surface area (TPSA) is 80.0 Å². The Labute approximate surface area is 178 Å². The van der Waals surface area contributed by atoms with Crippen molar-refractivity contribution in [3.05, 3.63) is 29.8 Å². The van der Waals surface area contributed by atoms with Crippen molar-refractivity contribution in [3.8, 4) is 5.75 Å². The molecule has 1 saturated heterocycles. The van der Waals surface area contributed by atoms with E-state index in [1.165, 1.54) is 31.2 Å². The summed E-state index contributed by atoms with van der Waals surface area (Å²) in [6, 6.07) is 8.22. The van der Waals surface area contributed by atoms with Crippen LogP contribution in [0.25, 0.3) is 0 Å². The minimum atomic E-state index is -0.0464. The fourth-order valence-corrected chi connectivity index (χ4v) is 3.10. The number of hydrogen-bond donors (Lipinski definition) is 2. The average Bonchev–Trinajstić information content (AvgIpc) is 3.47. The normalized spacial score (nSPS) is 17.6. The number of halogens is 1. The summed E-state index contributed by atoms with van der Waals surface area (Å²) in [6.07, 6.45) is 8.01. The fraction of sp³-hybridized carbons (Fsp3) is 0.600. The molecule has 1 aromatic carbocycles. The average molecular weight is 486 g/mol. The van der Waals surface area contributed by atoms with Gasteiger partial charge in [0.2, 0.25) is 0 Å². The van der Waals surface area contributed by atoms with Crippen molar-refractivity contribution in [3.63, 3.8) is 0 Å². The van der Waals surface area contributed by atoms with Gasteiger partial charge in [-0.1, -0.05) is 25.0 Å².